The number of hydrogen-bond donors (Lipinski definition) is 1. The van der Waals surface area contributed by atoms with Gasteiger partial charge in [-0.15, -0.1) is 0 Å². The molecule has 1 N–H and O–H groups in total. The molecule has 0 aromatic carbocycles. The molecule has 0 aliphatic rings. The maximum absolute atomic E-state index is 10.8. The molecule has 0 saturated carbocycles. The third-order valence-corrected chi connectivity index (χ3v) is 7.54. The van der Waals surface area contributed by atoms with Gasteiger partial charge >= 0.3 is 11.9 Å². The highest BCUT2D eigenvalue weighted by Gasteiger charge is 2.02. The minimum Gasteiger partial charge on any atom is -0.478 e. The largest absolute Gasteiger partial charge is 0.478 e. The number of rotatable bonds is 30. The van der Waals surface area contributed by atoms with E-state index in [2.05, 4.69) is 27.0 Å². The molecule has 40 heavy (non-hydrogen) atoms. The van der Waals surface area contributed by atoms with Crippen LogP contribution < -0.4 is 0 Å². The van der Waals surface area contributed by atoms with Crippen LogP contribution in [0.25, 0.3) is 0 Å². The smallest absolute Gasteiger partial charge is 0.330 e. The topological polar surface area (TPSA) is 63.6 Å². The van der Waals surface area contributed by atoms with Gasteiger partial charge in [0.2, 0.25) is 0 Å². The molecule has 0 bridgehead atoms. The lowest BCUT2D eigenvalue weighted by Gasteiger charge is -2.03. The zero-order chi connectivity index (χ0) is 29.9. The minimum absolute atomic E-state index is 0.301. The predicted molar refractivity (Wildman–Crippen MR) is 174 cm³/mol. The number of unbranched alkanes of at least 4 members (excludes halogenated alkanes) is 24. The van der Waals surface area contributed by atoms with Gasteiger partial charge in [0.05, 0.1) is 6.61 Å². The second-order valence-electron chi connectivity index (χ2n) is 11.5. The molecule has 0 aliphatic heterocycles. The number of aliphatic carboxylic acids is 1. The maximum Gasteiger partial charge on any atom is 0.330 e. The van der Waals surface area contributed by atoms with E-state index in [0.717, 1.165) is 19.3 Å². The summed E-state index contributed by atoms with van der Waals surface area (Å²) in [5, 5.41) is 8.66. The Morgan fingerprint density at radius 2 is 0.850 bits per heavy atom. The first-order chi connectivity index (χ1) is 19.5. The summed E-state index contributed by atoms with van der Waals surface area (Å²) in [7, 11) is 0. The maximum atomic E-state index is 10.8. The van der Waals surface area contributed by atoms with Crippen molar-refractivity contribution in [3.05, 3.63) is 24.8 Å². The first-order valence-electron chi connectivity index (χ1n) is 17.2. The van der Waals surface area contributed by atoms with Crippen molar-refractivity contribution in [3.63, 3.8) is 0 Å². The quantitative estimate of drug-likeness (QED) is 0.0535. The summed E-state index contributed by atoms with van der Waals surface area (Å²) in [6, 6.07) is 0. The van der Waals surface area contributed by atoms with Crippen LogP contribution in [0.3, 0.4) is 0 Å². The Morgan fingerprint density at radius 1 is 0.550 bits per heavy atom. The summed E-state index contributed by atoms with van der Waals surface area (Å²) < 4.78 is 4.94. The van der Waals surface area contributed by atoms with E-state index in [0.29, 0.717) is 18.6 Å². The number of carbonyl (C=O) groups is 2. The predicted octanol–water partition coefficient (Wildman–Crippen LogP) is 11.9. The lowest BCUT2D eigenvalue weighted by Crippen LogP contribution is -2.01. The third-order valence-electron chi connectivity index (χ3n) is 7.54. The Bertz CT molecular complexity index is 569. The number of carboxylic acid groups (broad SMARTS) is 1. The van der Waals surface area contributed by atoms with Crippen LogP contribution in [0.2, 0.25) is 0 Å². The van der Waals surface area contributed by atoms with Gasteiger partial charge < -0.3 is 9.84 Å². The molecule has 0 rings (SSSR count). The van der Waals surface area contributed by atoms with E-state index in [1.165, 1.54) is 154 Å². The molecule has 0 spiro atoms. The van der Waals surface area contributed by atoms with Gasteiger partial charge in [-0.3, -0.25) is 0 Å². The van der Waals surface area contributed by atoms with Crippen LogP contribution in [-0.2, 0) is 14.3 Å². The van der Waals surface area contributed by atoms with Crippen molar-refractivity contribution in [3.8, 4) is 0 Å². The van der Waals surface area contributed by atoms with Crippen molar-refractivity contribution >= 4 is 11.9 Å². The number of hydrogen-bond acceptors (Lipinski definition) is 3. The number of carbonyl (C=O) groups excluding carboxylic acids is 1. The van der Waals surface area contributed by atoms with E-state index in [9.17, 15) is 9.59 Å². The molecular weight excluding hydrogens is 496 g/mol. The van der Waals surface area contributed by atoms with E-state index < -0.39 is 5.97 Å². The monoisotopic (exact) mass is 565 g/mol. The van der Waals surface area contributed by atoms with E-state index in [-0.39, 0.29) is 5.97 Å². The van der Waals surface area contributed by atoms with E-state index >= 15 is 0 Å². The molecule has 0 aromatic rings. The molecule has 4 heteroatoms. The molecule has 4 nitrogen and oxygen atoms in total. The van der Waals surface area contributed by atoms with Crippen LogP contribution in [0, 0.1) is 0 Å². The van der Waals surface area contributed by atoms with Crippen LogP contribution in [0.4, 0.5) is 0 Å². The summed E-state index contributed by atoms with van der Waals surface area (Å²) in [6.07, 6.45) is 36.4. The lowest BCUT2D eigenvalue weighted by atomic mass is 10.0. The Labute approximate surface area is 249 Å². The van der Waals surface area contributed by atoms with Gasteiger partial charge in [0, 0.05) is 11.6 Å². The fraction of sp³-hybridized carbons (Fsp3) is 0.833. The Morgan fingerprint density at radius 3 is 1.15 bits per heavy atom. The van der Waals surface area contributed by atoms with Gasteiger partial charge in [-0.1, -0.05) is 181 Å². The molecular formula is C36H68O4. The normalized spacial score (nSPS) is 10.6. The summed E-state index contributed by atoms with van der Waals surface area (Å²) >= 11 is 0. The number of esters is 1. The summed E-state index contributed by atoms with van der Waals surface area (Å²) in [4.78, 5) is 21.3. The van der Waals surface area contributed by atoms with Crippen molar-refractivity contribution in [2.24, 2.45) is 0 Å². The zero-order valence-electron chi connectivity index (χ0n) is 27.0. The summed E-state index contributed by atoms with van der Waals surface area (Å²) in [6.45, 7) is 12.0. The average molecular weight is 565 g/mol. The summed E-state index contributed by atoms with van der Waals surface area (Å²) in [5.74, 6) is -1.15. The fourth-order valence-electron chi connectivity index (χ4n) is 4.81. The second kappa shape index (κ2) is 35.4. The van der Waals surface area contributed by atoms with E-state index in [1.54, 1.807) is 0 Å². The molecule has 0 aliphatic carbocycles. The van der Waals surface area contributed by atoms with Gasteiger partial charge in [-0.05, 0) is 19.3 Å². The standard InChI is InChI=1S/C19H36O2.C17H32O2/c1-3-5-6-7-8-9-10-11-12-13-14-15-16-17-18-21-19(20)4-2;1-3-4-5-6-7-8-9-10-11-12-13-14-15-16(2)17(18)19/h4H,2-3,5-18H2,1H3;2-15H2,1H3,(H,18,19). The number of carboxylic acids is 1. The third kappa shape index (κ3) is 36.4. The summed E-state index contributed by atoms with van der Waals surface area (Å²) in [5.41, 5.74) is 0.354. The molecule has 0 saturated heterocycles. The van der Waals surface area contributed by atoms with Crippen LogP contribution in [0.5, 0.6) is 0 Å². The highest BCUT2D eigenvalue weighted by molar-refractivity contribution is 5.85. The molecule has 0 heterocycles. The van der Waals surface area contributed by atoms with Crippen molar-refractivity contribution < 1.29 is 19.4 Å². The second-order valence-corrected chi connectivity index (χ2v) is 11.5. The zero-order valence-corrected chi connectivity index (χ0v) is 27.0. The molecule has 0 radical (unpaired) electrons. The Hall–Kier alpha value is -1.58. The first kappa shape index (κ1) is 40.6. The van der Waals surface area contributed by atoms with Crippen LogP contribution in [-0.4, -0.2) is 23.7 Å². The minimum atomic E-state index is -0.844. The van der Waals surface area contributed by atoms with Gasteiger partial charge in [-0.2, -0.15) is 0 Å². The Kier molecular flexibility index (Phi) is 35.9. The first-order valence-corrected chi connectivity index (χ1v) is 17.2. The molecule has 0 aromatic heterocycles. The fourth-order valence-corrected chi connectivity index (χ4v) is 4.81. The molecule has 0 amide bonds. The van der Waals surface area contributed by atoms with Crippen molar-refractivity contribution in [2.75, 3.05) is 6.61 Å². The molecule has 0 unspecified atom stereocenters. The van der Waals surface area contributed by atoms with Gasteiger partial charge in [0.1, 0.15) is 0 Å². The van der Waals surface area contributed by atoms with Gasteiger partial charge in [0.25, 0.3) is 0 Å². The van der Waals surface area contributed by atoms with E-state index in [4.69, 9.17) is 9.84 Å². The SMILES string of the molecule is C=C(CCCCCCCCCCCCCC)C(=O)O.C=CC(=O)OCCCCCCCCCCCCCCCC. The molecule has 236 valence electrons. The van der Waals surface area contributed by atoms with Gasteiger partial charge in [0.15, 0.2) is 0 Å². The van der Waals surface area contributed by atoms with Crippen LogP contribution in [0.15, 0.2) is 24.8 Å². The lowest BCUT2D eigenvalue weighted by molar-refractivity contribution is -0.138. The molecule has 0 atom stereocenters. The van der Waals surface area contributed by atoms with E-state index in [1.807, 2.05) is 0 Å². The molecule has 0 fully saturated rings. The Balaban J connectivity index is 0. The van der Waals surface area contributed by atoms with Crippen molar-refractivity contribution in [2.45, 2.75) is 187 Å². The number of ether oxygens (including phenoxy) is 1. The highest BCUT2D eigenvalue weighted by Crippen LogP contribution is 2.14. The van der Waals surface area contributed by atoms with Crippen molar-refractivity contribution in [1.82, 2.24) is 0 Å². The average Bonchev–Trinajstić information content (AvgIpc) is 2.95. The van der Waals surface area contributed by atoms with Gasteiger partial charge in [-0.25, -0.2) is 9.59 Å². The van der Waals surface area contributed by atoms with Crippen LogP contribution >= 0.6 is 0 Å². The highest BCUT2D eigenvalue weighted by atomic mass is 16.5. The van der Waals surface area contributed by atoms with Crippen molar-refractivity contribution in [1.29, 1.82) is 0 Å². The van der Waals surface area contributed by atoms with Crippen LogP contribution in [0.1, 0.15) is 187 Å².